The monoisotopic (exact) mass is 421 g/mol. The summed E-state index contributed by atoms with van der Waals surface area (Å²) >= 11 is 3.47. The maximum atomic E-state index is 13.5. The number of Topliss-reactive ketones (excluding diaryl/α,β-unsaturated/α-hetero) is 1. The van der Waals surface area contributed by atoms with E-state index in [4.69, 9.17) is 4.99 Å². The highest BCUT2D eigenvalue weighted by atomic mass is 79.9. The van der Waals surface area contributed by atoms with Crippen molar-refractivity contribution in [3.63, 3.8) is 0 Å². The average Bonchev–Trinajstić information content (AvgIpc) is 3.01. The van der Waals surface area contributed by atoms with E-state index >= 15 is 0 Å². The molecule has 2 aromatic rings. The summed E-state index contributed by atoms with van der Waals surface area (Å²) in [5.74, 6) is -1.94. The van der Waals surface area contributed by atoms with Gasteiger partial charge in [-0.25, -0.2) is 13.8 Å². The summed E-state index contributed by atoms with van der Waals surface area (Å²) < 4.78 is 29.7. The summed E-state index contributed by atoms with van der Waals surface area (Å²) in [5.41, 5.74) is 2.17. The highest BCUT2D eigenvalue weighted by Gasteiger charge is 2.36. The fourth-order valence-electron chi connectivity index (χ4n) is 3.69. The molecular weight excluding hydrogens is 404 g/mol. The molecule has 0 atom stereocenters. The third kappa shape index (κ3) is 3.37. The molecule has 2 aromatic heterocycles. The second-order valence-corrected chi connectivity index (χ2v) is 7.79. The van der Waals surface area contributed by atoms with Crippen LogP contribution in [0, 0.1) is 0 Å². The van der Waals surface area contributed by atoms with Gasteiger partial charge in [-0.15, -0.1) is 0 Å². The van der Waals surface area contributed by atoms with Gasteiger partial charge in [-0.1, -0.05) is 0 Å². The quantitative estimate of drug-likeness (QED) is 0.674. The average molecular weight is 422 g/mol. The number of aliphatic imine (C=N–C) groups is 1. The molecule has 1 fully saturated rings. The Balaban J connectivity index is 1.62. The molecule has 0 amide bonds. The molecule has 26 heavy (non-hydrogen) atoms. The molecule has 1 saturated carbocycles. The number of hydrogen-bond donors (Lipinski definition) is 0. The first kappa shape index (κ1) is 17.5. The first-order chi connectivity index (χ1) is 12.4. The van der Waals surface area contributed by atoms with Crippen LogP contribution in [0.4, 0.5) is 14.6 Å². The summed E-state index contributed by atoms with van der Waals surface area (Å²) in [5, 5.41) is 0. The highest BCUT2D eigenvalue weighted by molar-refractivity contribution is 9.10. The summed E-state index contributed by atoms with van der Waals surface area (Å²) in [4.78, 5) is 21.6. The van der Waals surface area contributed by atoms with E-state index < -0.39 is 5.92 Å². The SMILES string of the molecule is O=C1CC(Cc2ncccc2Br)=Nc2c1ccn2C1CCC(F)(F)CC1. The molecule has 1 aliphatic heterocycles. The molecule has 0 radical (unpaired) electrons. The number of ketones is 1. The van der Waals surface area contributed by atoms with Crippen molar-refractivity contribution < 1.29 is 13.6 Å². The topological polar surface area (TPSA) is 47.2 Å². The lowest BCUT2D eigenvalue weighted by molar-refractivity contribution is -0.0438. The van der Waals surface area contributed by atoms with Gasteiger partial charge < -0.3 is 4.57 Å². The molecule has 1 aliphatic carbocycles. The number of fused-ring (bicyclic) bond motifs is 1. The van der Waals surface area contributed by atoms with E-state index in [0.717, 1.165) is 15.9 Å². The van der Waals surface area contributed by atoms with Crippen LogP contribution in [0.2, 0.25) is 0 Å². The molecule has 0 bridgehead atoms. The number of rotatable bonds is 3. The maximum Gasteiger partial charge on any atom is 0.248 e. The van der Waals surface area contributed by atoms with Crippen LogP contribution < -0.4 is 0 Å². The van der Waals surface area contributed by atoms with Gasteiger partial charge in [-0.3, -0.25) is 9.78 Å². The third-order valence-corrected chi connectivity index (χ3v) is 5.82. The van der Waals surface area contributed by atoms with Crippen molar-refractivity contribution in [2.24, 2.45) is 4.99 Å². The van der Waals surface area contributed by atoms with Gasteiger partial charge in [0.1, 0.15) is 5.82 Å². The Morgan fingerprint density at radius 1 is 1.27 bits per heavy atom. The van der Waals surface area contributed by atoms with Crippen molar-refractivity contribution in [2.45, 2.75) is 50.5 Å². The van der Waals surface area contributed by atoms with Crippen molar-refractivity contribution in [1.29, 1.82) is 0 Å². The number of pyridine rings is 1. The first-order valence-corrected chi connectivity index (χ1v) is 9.50. The van der Waals surface area contributed by atoms with Gasteiger partial charge in [0.2, 0.25) is 5.92 Å². The number of alkyl halides is 2. The first-order valence-electron chi connectivity index (χ1n) is 8.71. The number of carbonyl (C=O) groups excluding carboxylic acids is 1. The molecule has 0 unspecified atom stereocenters. The van der Waals surface area contributed by atoms with E-state index in [1.165, 1.54) is 0 Å². The Bertz CT molecular complexity index is 881. The van der Waals surface area contributed by atoms with Crippen molar-refractivity contribution in [3.8, 4) is 0 Å². The molecule has 7 heteroatoms. The molecule has 0 spiro atoms. The van der Waals surface area contributed by atoms with Crippen LogP contribution in [0.3, 0.4) is 0 Å². The fourth-order valence-corrected chi connectivity index (χ4v) is 4.08. The van der Waals surface area contributed by atoms with Crippen molar-refractivity contribution in [3.05, 3.63) is 46.3 Å². The Hall–Kier alpha value is -1.89. The molecule has 0 saturated heterocycles. The van der Waals surface area contributed by atoms with E-state index in [-0.39, 0.29) is 31.1 Å². The van der Waals surface area contributed by atoms with E-state index in [1.54, 1.807) is 12.3 Å². The lowest BCUT2D eigenvalue weighted by Crippen LogP contribution is -2.26. The summed E-state index contributed by atoms with van der Waals surface area (Å²) in [6.45, 7) is 0. The van der Waals surface area contributed by atoms with Gasteiger partial charge in [-0.2, -0.15) is 0 Å². The molecule has 136 valence electrons. The number of halogens is 3. The van der Waals surface area contributed by atoms with Crippen molar-refractivity contribution >= 4 is 33.2 Å². The zero-order chi connectivity index (χ0) is 18.3. The largest absolute Gasteiger partial charge is 0.329 e. The van der Waals surface area contributed by atoms with Gasteiger partial charge in [0.15, 0.2) is 5.78 Å². The molecular formula is C19H18BrF2N3O. The summed E-state index contributed by atoms with van der Waals surface area (Å²) in [6.07, 6.45) is 4.86. The minimum Gasteiger partial charge on any atom is -0.329 e. The highest BCUT2D eigenvalue weighted by Crippen LogP contribution is 2.41. The van der Waals surface area contributed by atoms with Crippen LogP contribution in [-0.4, -0.2) is 27.0 Å². The van der Waals surface area contributed by atoms with E-state index in [2.05, 4.69) is 20.9 Å². The van der Waals surface area contributed by atoms with Crippen LogP contribution in [0.25, 0.3) is 0 Å². The Labute approximate surface area is 158 Å². The summed E-state index contributed by atoms with van der Waals surface area (Å²) in [7, 11) is 0. The minimum absolute atomic E-state index is 0.0249. The van der Waals surface area contributed by atoms with Gasteiger partial charge in [0.25, 0.3) is 0 Å². The minimum atomic E-state index is -2.57. The zero-order valence-corrected chi connectivity index (χ0v) is 15.7. The lowest BCUT2D eigenvalue weighted by atomic mass is 9.92. The summed E-state index contributed by atoms with van der Waals surface area (Å²) in [6, 6.07) is 5.48. The molecule has 2 aliphatic rings. The predicted molar refractivity (Wildman–Crippen MR) is 98.6 cm³/mol. The lowest BCUT2D eigenvalue weighted by Gasteiger charge is -2.30. The molecule has 4 nitrogen and oxygen atoms in total. The second kappa shape index (κ2) is 6.68. The Morgan fingerprint density at radius 3 is 2.77 bits per heavy atom. The molecule has 4 rings (SSSR count). The fraction of sp³-hybridized carbons (Fsp3) is 0.421. The van der Waals surface area contributed by atoms with Crippen LogP contribution in [-0.2, 0) is 6.42 Å². The van der Waals surface area contributed by atoms with E-state index in [9.17, 15) is 13.6 Å². The molecule has 0 N–H and O–H groups in total. The van der Waals surface area contributed by atoms with Crippen LogP contribution in [0.5, 0.6) is 0 Å². The number of aromatic nitrogens is 2. The predicted octanol–water partition coefficient (Wildman–Crippen LogP) is 5.30. The van der Waals surface area contributed by atoms with Crippen LogP contribution in [0.1, 0.15) is 54.2 Å². The second-order valence-electron chi connectivity index (χ2n) is 6.93. The van der Waals surface area contributed by atoms with Crippen LogP contribution in [0.15, 0.2) is 40.1 Å². The number of nitrogens with zero attached hydrogens (tertiary/aromatic N) is 3. The third-order valence-electron chi connectivity index (χ3n) is 5.10. The molecule has 0 aromatic carbocycles. The van der Waals surface area contributed by atoms with E-state index in [1.807, 2.05) is 22.9 Å². The zero-order valence-electron chi connectivity index (χ0n) is 14.1. The Kier molecular flexibility index (Phi) is 4.50. The Morgan fingerprint density at radius 2 is 2.04 bits per heavy atom. The van der Waals surface area contributed by atoms with Gasteiger partial charge >= 0.3 is 0 Å². The van der Waals surface area contributed by atoms with Gasteiger partial charge in [0.05, 0.1) is 17.7 Å². The molecule has 3 heterocycles. The van der Waals surface area contributed by atoms with Gasteiger partial charge in [-0.05, 0) is 47.0 Å². The maximum absolute atomic E-state index is 13.5. The standard InChI is InChI=1S/C19H18BrF2N3O/c20-15-2-1-8-23-16(15)10-12-11-17(26)14-5-9-25(18(14)24-12)13-3-6-19(21,22)7-4-13/h1-2,5,8-9,13H,3-4,6-7,10-11H2. The van der Waals surface area contributed by atoms with Gasteiger partial charge in [0, 0.05) is 47.9 Å². The van der Waals surface area contributed by atoms with Crippen LogP contribution >= 0.6 is 15.9 Å². The van der Waals surface area contributed by atoms with Crippen molar-refractivity contribution in [1.82, 2.24) is 9.55 Å². The normalized spacial score (nSPS) is 20.0. The van der Waals surface area contributed by atoms with E-state index in [0.29, 0.717) is 30.6 Å². The smallest absolute Gasteiger partial charge is 0.248 e. The van der Waals surface area contributed by atoms with Crippen molar-refractivity contribution in [2.75, 3.05) is 0 Å². The number of carbonyl (C=O) groups is 1. The number of hydrogen-bond acceptors (Lipinski definition) is 3.